The van der Waals surface area contributed by atoms with Gasteiger partial charge in [0.2, 0.25) is 0 Å². The van der Waals surface area contributed by atoms with Crippen molar-refractivity contribution in [2.45, 2.75) is 25.8 Å². The standard InChI is InChI=1S/C13H16N2O2S2/c1-9-4-2-6-11-12(9)14-13(18)15(11)10-5-3-7-19(16,17)8-10/h2,4,6,10H,3,5,7-8H2,1H3,(H,14,18). The zero-order valence-corrected chi connectivity index (χ0v) is 12.4. The minimum absolute atomic E-state index is 0.0400. The number of hydrogen-bond donors (Lipinski definition) is 1. The van der Waals surface area contributed by atoms with Crippen LogP contribution < -0.4 is 0 Å². The molecule has 3 rings (SSSR count). The van der Waals surface area contributed by atoms with E-state index >= 15 is 0 Å². The first kappa shape index (κ1) is 12.9. The Morgan fingerprint density at radius 2 is 2.21 bits per heavy atom. The van der Waals surface area contributed by atoms with Gasteiger partial charge in [-0.3, -0.25) is 0 Å². The van der Waals surface area contributed by atoms with Gasteiger partial charge in [0.05, 0.1) is 28.6 Å². The second-order valence-corrected chi connectivity index (χ2v) is 7.80. The van der Waals surface area contributed by atoms with Gasteiger partial charge in [0.1, 0.15) is 0 Å². The Balaban J connectivity index is 2.18. The minimum Gasteiger partial charge on any atom is -0.330 e. The first-order chi connectivity index (χ1) is 8.98. The molecule has 1 fully saturated rings. The van der Waals surface area contributed by atoms with Crippen molar-refractivity contribution in [2.24, 2.45) is 0 Å². The number of nitrogens with zero attached hydrogens (tertiary/aromatic N) is 1. The summed E-state index contributed by atoms with van der Waals surface area (Å²) in [5.41, 5.74) is 3.14. The smallest absolute Gasteiger partial charge is 0.178 e. The summed E-state index contributed by atoms with van der Waals surface area (Å²) in [6.07, 6.45) is 1.59. The lowest BCUT2D eigenvalue weighted by Gasteiger charge is -2.23. The highest BCUT2D eigenvalue weighted by Gasteiger charge is 2.27. The summed E-state index contributed by atoms with van der Waals surface area (Å²) >= 11 is 5.38. The summed E-state index contributed by atoms with van der Waals surface area (Å²) in [5.74, 6) is 0.500. The molecule has 2 aromatic rings. The van der Waals surface area contributed by atoms with Crippen LogP contribution in [0.4, 0.5) is 0 Å². The molecule has 1 aromatic carbocycles. The van der Waals surface area contributed by atoms with E-state index in [9.17, 15) is 8.42 Å². The molecule has 4 nitrogen and oxygen atoms in total. The van der Waals surface area contributed by atoms with E-state index in [2.05, 4.69) is 4.98 Å². The lowest BCUT2D eigenvalue weighted by Crippen LogP contribution is -2.27. The fourth-order valence-corrected chi connectivity index (χ4v) is 4.88. The molecular weight excluding hydrogens is 280 g/mol. The molecule has 102 valence electrons. The lowest BCUT2D eigenvalue weighted by molar-refractivity contribution is 0.475. The second kappa shape index (κ2) is 4.45. The maximum absolute atomic E-state index is 11.8. The van der Waals surface area contributed by atoms with Crippen LogP contribution in [0.25, 0.3) is 11.0 Å². The first-order valence-electron chi connectivity index (χ1n) is 6.38. The largest absolute Gasteiger partial charge is 0.330 e. The van der Waals surface area contributed by atoms with E-state index < -0.39 is 9.84 Å². The Kier molecular flexibility index (Phi) is 3.02. The van der Waals surface area contributed by atoms with Crippen molar-refractivity contribution in [2.75, 3.05) is 11.5 Å². The van der Waals surface area contributed by atoms with Crippen LogP contribution >= 0.6 is 12.2 Å². The Morgan fingerprint density at radius 3 is 2.95 bits per heavy atom. The van der Waals surface area contributed by atoms with E-state index in [0.29, 0.717) is 16.9 Å². The molecule has 1 aromatic heterocycles. The summed E-state index contributed by atoms with van der Waals surface area (Å²) in [7, 11) is -2.93. The number of rotatable bonds is 1. The lowest BCUT2D eigenvalue weighted by atomic mass is 10.1. The molecule has 1 saturated heterocycles. The molecule has 0 bridgehead atoms. The number of fused-ring (bicyclic) bond motifs is 1. The van der Waals surface area contributed by atoms with Crippen molar-refractivity contribution in [1.29, 1.82) is 0 Å². The van der Waals surface area contributed by atoms with Gasteiger partial charge in [0.25, 0.3) is 0 Å². The van der Waals surface area contributed by atoms with Gasteiger partial charge >= 0.3 is 0 Å². The van der Waals surface area contributed by atoms with E-state index in [4.69, 9.17) is 12.2 Å². The summed E-state index contributed by atoms with van der Waals surface area (Å²) in [6.45, 7) is 2.02. The van der Waals surface area contributed by atoms with E-state index in [1.165, 1.54) is 0 Å². The van der Waals surface area contributed by atoms with Crippen LogP contribution in [0.1, 0.15) is 24.4 Å². The third-order valence-corrected chi connectivity index (χ3v) is 5.87. The van der Waals surface area contributed by atoms with Gasteiger partial charge in [-0.05, 0) is 43.6 Å². The van der Waals surface area contributed by atoms with Gasteiger partial charge in [0.15, 0.2) is 14.6 Å². The van der Waals surface area contributed by atoms with Crippen LogP contribution in [0.2, 0.25) is 0 Å². The first-order valence-corrected chi connectivity index (χ1v) is 8.61. The highest BCUT2D eigenvalue weighted by Crippen LogP contribution is 2.28. The van der Waals surface area contributed by atoms with Crippen LogP contribution in [-0.4, -0.2) is 29.5 Å². The molecule has 0 saturated carbocycles. The molecule has 0 amide bonds. The molecular formula is C13H16N2O2S2. The average Bonchev–Trinajstić information content (AvgIpc) is 2.66. The number of benzene rings is 1. The van der Waals surface area contributed by atoms with Gasteiger partial charge in [-0.25, -0.2) is 8.42 Å². The van der Waals surface area contributed by atoms with Gasteiger partial charge in [-0.15, -0.1) is 0 Å². The second-order valence-electron chi connectivity index (χ2n) is 5.18. The number of H-pyrrole nitrogens is 1. The van der Waals surface area contributed by atoms with Crippen molar-refractivity contribution in [3.05, 3.63) is 28.5 Å². The van der Waals surface area contributed by atoms with Gasteiger partial charge in [-0.2, -0.15) is 0 Å². The predicted molar refractivity (Wildman–Crippen MR) is 78.8 cm³/mol. The number of aromatic nitrogens is 2. The fraction of sp³-hybridized carbons (Fsp3) is 0.462. The molecule has 19 heavy (non-hydrogen) atoms. The maximum atomic E-state index is 11.8. The molecule has 1 N–H and O–H groups in total. The highest BCUT2D eigenvalue weighted by atomic mass is 32.2. The number of aryl methyl sites for hydroxylation is 1. The summed E-state index contributed by atoms with van der Waals surface area (Å²) in [6, 6.07) is 5.96. The van der Waals surface area contributed by atoms with Crippen LogP contribution in [-0.2, 0) is 9.84 Å². The molecule has 1 atom stereocenters. The van der Waals surface area contributed by atoms with Crippen LogP contribution in [0.15, 0.2) is 18.2 Å². The SMILES string of the molecule is Cc1cccc2c1[nH]c(=S)n2C1CCCS(=O)(=O)C1. The van der Waals surface area contributed by atoms with Crippen LogP contribution in [0.5, 0.6) is 0 Å². The van der Waals surface area contributed by atoms with Crippen LogP contribution in [0.3, 0.4) is 0 Å². The van der Waals surface area contributed by atoms with Crippen molar-refractivity contribution >= 4 is 33.1 Å². The summed E-state index contributed by atoms with van der Waals surface area (Å²) < 4.78 is 26.2. The number of sulfone groups is 1. The number of hydrogen-bond acceptors (Lipinski definition) is 3. The molecule has 0 radical (unpaired) electrons. The zero-order valence-electron chi connectivity index (χ0n) is 10.7. The number of imidazole rings is 1. The predicted octanol–water partition coefficient (Wildman–Crippen LogP) is 2.76. The maximum Gasteiger partial charge on any atom is 0.178 e. The zero-order chi connectivity index (χ0) is 13.6. The minimum atomic E-state index is -2.93. The molecule has 1 unspecified atom stereocenters. The van der Waals surface area contributed by atoms with Crippen molar-refractivity contribution in [3.8, 4) is 0 Å². The van der Waals surface area contributed by atoms with E-state index in [0.717, 1.165) is 23.0 Å². The molecule has 0 spiro atoms. The number of para-hydroxylation sites is 1. The van der Waals surface area contributed by atoms with Crippen LogP contribution in [0, 0.1) is 11.7 Å². The Labute approximate surface area is 117 Å². The fourth-order valence-electron chi connectivity index (χ4n) is 2.86. The van der Waals surface area contributed by atoms with Crippen molar-refractivity contribution in [1.82, 2.24) is 9.55 Å². The number of nitrogens with one attached hydrogen (secondary N) is 1. The molecule has 2 heterocycles. The third kappa shape index (κ3) is 2.23. The Hall–Kier alpha value is -1.14. The molecule has 1 aliphatic rings. The van der Waals surface area contributed by atoms with E-state index in [1.54, 1.807) is 0 Å². The molecule has 1 aliphatic heterocycles. The normalized spacial score (nSPS) is 22.7. The monoisotopic (exact) mass is 296 g/mol. The highest BCUT2D eigenvalue weighted by molar-refractivity contribution is 7.91. The third-order valence-electron chi connectivity index (χ3n) is 3.77. The molecule has 0 aliphatic carbocycles. The van der Waals surface area contributed by atoms with Gasteiger partial charge in [0, 0.05) is 0 Å². The van der Waals surface area contributed by atoms with Gasteiger partial charge < -0.3 is 9.55 Å². The van der Waals surface area contributed by atoms with Crippen molar-refractivity contribution < 1.29 is 8.42 Å². The molecule has 6 heteroatoms. The topological polar surface area (TPSA) is 54.9 Å². The number of aromatic amines is 1. The Morgan fingerprint density at radius 1 is 1.42 bits per heavy atom. The van der Waals surface area contributed by atoms with E-state index in [1.807, 2.05) is 29.7 Å². The van der Waals surface area contributed by atoms with E-state index in [-0.39, 0.29) is 11.8 Å². The summed E-state index contributed by atoms with van der Waals surface area (Å²) in [4.78, 5) is 3.20. The Bertz CT molecular complexity index is 787. The van der Waals surface area contributed by atoms with Crippen molar-refractivity contribution in [3.63, 3.8) is 0 Å². The summed E-state index contributed by atoms with van der Waals surface area (Å²) in [5, 5.41) is 0. The average molecular weight is 296 g/mol. The van der Waals surface area contributed by atoms with Gasteiger partial charge in [-0.1, -0.05) is 12.1 Å². The quantitative estimate of drug-likeness (QED) is 0.823.